The van der Waals surface area contributed by atoms with Crippen molar-refractivity contribution in [3.63, 3.8) is 0 Å². The molecular weight excluding hydrogens is 430 g/mol. The Morgan fingerprint density at radius 3 is 2.84 bits per heavy atom. The lowest BCUT2D eigenvalue weighted by Crippen LogP contribution is -2.23. The lowest BCUT2D eigenvalue weighted by atomic mass is 10.1. The summed E-state index contributed by atoms with van der Waals surface area (Å²) >= 11 is 5.34. The molecule has 2 aromatic carbocycles. The number of benzene rings is 2. The summed E-state index contributed by atoms with van der Waals surface area (Å²) in [5, 5.41) is 14.8. The second kappa shape index (κ2) is 9.20. The van der Waals surface area contributed by atoms with E-state index >= 15 is 0 Å². The van der Waals surface area contributed by atoms with Gasteiger partial charge < -0.3 is 15.0 Å². The molecule has 0 aliphatic carbocycles. The monoisotopic (exact) mass is 451 g/mol. The third-order valence-corrected chi connectivity index (χ3v) is 5.30. The summed E-state index contributed by atoms with van der Waals surface area (Å²) in [5.41, 5.74) is 2.07. The van der Waals surface area contributed by atoms with Crippen LogP contribution >= 0.6 is 12.2 Å². The molecule has 0 radical (unpaired) electrons. The molecule has 0 saturated heterocycles. The Kier molecular flexibility index (Phi) is 6.19. The van der Waals surface area contributed by atoms with Gasteiger partial charge in [0.25, 0.3) is 11.5 Å². The first kappa shape index (κ1) is 21.5. The van der Waals surface area contributed by atoms with Crippen molar-refractivity contribution in [1.82, 2.24) is 29.8 Å². The van der Waals surface area contributed by atoms with Gasteiger partial charge in [0.2, 0.25) is 0 Å². The summed E-state index contributed by atoms with van der Waals surface area (Å²) in [4.78, 5) is 28.7. The maximum atomic E-state index is 12.8. The highest BCUT2D eigenvalue weighted by Gasteiger charge is 2.12. The van der Waals surface area contributed by atoms with Gasteiger partial charge in [-0.25, -0.2) is 4.68 Å². The number of methoxy groups -OCH3 is 1. The molecule has 32 heavy (non-hydrogen) atoms. The molecule has 0 fully saturated rings. The van der Waals surface area contributed by atoms with Crippen LogP contribution in [0.3, 0.4) is 0 Å². The van der Waals surface area contributed by atoms with Crippen molar-refractivity contribution in [3.05, 3.63) is 63.2 Å². The van der Waals surface area contributed by atoms with E-state index in [0.717, 1.165) is 5.56 Å². The van der Waals surface area contributed by atoms with Gasteiger partial charge in [-0.15, -0.1) is 5.10 Å². The van der Waals surface area contributed by atoms with Crippen molar-refractivity contribution in [2.45, 2.75) is 13.0 Å². The van der Waals surface area contributed by atoms with E-state index < -0.39 is 0 Å². The molecule has 4 rings (SSSR count). The van der Waals surface area contributed by atoms with Crippen molar-refractivity contribution < 1.29 is 9.53 Å². The molecule has 11 heteroatoms. The summed E-state index contributed by atoms with van der Waals surface area (Å²) in [7, 11) is 3.35. The van der Waals surface area contributed by atoms with Crippen LogP contribution in [0.2, 0.25) is 0 Å². The van der Waals surface area contributed by atoms with Gasteiger partial charge in [0.15, 0.2) is 10.6 Å². The number of aromatic nitrogens is 6. The zero-order valence-corrected chi connectivity index (χ0v) is 18.3. The number of amides is 1. The highest BCUT2D eigenvalue weighted by atomic mass is 32.1. The maximum Gasteiger partial charge on any atom is 0.262 e. The molecule has 164 valence electrons. The van der Waals surface area contributed by atoms with Crippen molar-refractivity contribution in [1.29, 1.82) is 0 Å². The van der Waals surface area contributed by atoms with Crippen LogP contribution in [0.15, 0.2) is 47.3 Å². The first-order valence-corrected chi connectivity index (χ1v) is 10.3. The highest BCUT2D eigenvalue weighted by Crippen LogP contribution is 2.20. The molecule has 0 bridgehead atoms. The first-order valence-electron chi connectivity index (χ1n) is 9.88. The number of tetrazole rings is 1. The van der Waals surface area contributed by atoms with E-state index in [0.29, 0.717) is 52.3 Å². The maximum absolute atomic E-state index is 12.8. The van der Waals surface area contributed by atoms with Crippen molar-refractivity contribution in [2.75, 3.05) is 19.0 Å². The number of rotatable bonds is 7. The van der Waals surface area contributed by atoms with Crippen LogP contribution < -0.4 is 10.9 Å². The van der Waals surface area contributed by atoms with Crippen LogP contribution in [0.4, 0.5) is 5.69 Å². The van der Waals surface area contributed by atoms with E-state index in [9.17, 15) is 9.59 Å². The van der Waals surface area contributed by atoms with Crippen molar-refractivity contribution in [3.8, 4) is 11.4 Å². The van der Waals surface area contributed by atoms with Crippen LogP contribution in [0.1, 0.15) is 16.8 Å². The number of H-pyrrole nitrogens is 1. The van der Waals surface area contributed by atoms with Crippen molar-refractivity contribution >= 4 is 34.7 Å². The van der Waals surface area contributed by atoms with Crippen LogP contribution in [-0.4, -0.2) is 49.4 Å². The number of aryl methyl sites for hydroxylation is 1. The van der Waals surface area contributed by atoms with Gasteiger partial charge in [0.1, 0.15) is 0 Å². The normalized spacial score (nSPS) is 11.1. The van der Waals surface area contributed by atoms with Crippen molar-refractivity contribution in [2.24, 2.45) is 7.05 Å². The third-order valence-electron chi connectivity index (χ3n) is 4.97. The van der Waals surface area contributed by atoms with Gasteiger partial charge in [0, 0.05) is 44.1 Å². The smallest absolute Gasteiger partial charge is 0.262 e. The number of hydrogen-bond donors (Lipinski definition) is 2. The number of hydrogen-bond acceptors (Lipinski definition) is 7. The quantitative estimate of drug-likeness (QED) is 0.327. The van der Waals surface area contributed by atoms with E-state index in [1.165, 1.54) is 4.57 Å². The van der Waals surface area contributed by atoms with E-state index in [1.807, 2.05) is 12.1 Å². The number of carbonyl (C=O) groups excluding carboxylic acids is 1. The van der Waals surface area contributed by atoms with E-state index in [2.05, 4.69) is 25.8 Å². The second-order valence-corrected chi connectivity index (χ2v) is 7.54. The minimum Gasteiger partial charge on any atom is -0.385 e. The van der Waals surface area contributed by atoms with Gasteiger partial charge >= 0.3 is 0 Å². The number of fused-ring (bicyclic) bond motifs is 1. The van der Waals surface area contributed by atoms with Gasteiger partial charge in [0.05, 0.1) is 10.9 Å². The van der Waals surface area contributed by atoms with Gasteiger partial charge in [-0.1, -0.05) is 12.1 Å². The molecule has 4 aromatic rings. The molecule has 10 nitrogen and oxygen atoms in total. The Balaban J connectivity index is 1.59. The summed E-state index contributed by atoms with van der Waals surface area (Å²) < 4.78 is 8.40. The average Bonchev–Trinajstić information content (AvgIpc) is 3.21. The molecule has 0 unspecified atom stereocenters. The fourth-order valence-electron chi connectivity index (χ4n) is 3.38. The number of nitrogens with zero attached hydrogens (tertiary/aromatic N) is 5. The fraction of sp³-hybridized carbons (Fsp3) is 0.238. The summed E-state index contributed by atoms with van der Waals surface area (Å²) in [5.74, 6) is 0.268. The Hall–Kier alpha value is -3.70. The highest BCUT2D eigenvalue weighted by molar-refractivity contribution is 7.71. The molecule has 2 aromatic heterocycles. The van der Waals surface area contributed by atoms with Crippen LogP contribution in [0.25, 0.3) is 22.3 Å². The minimum atomic E-state index is -0.316. The summed E-state index contributed by atoms with van der Waals surface area (Å²) in [6.45, 7) is 0.990. The summed E-state index contributed by atoms with van der Waals surface area (Å²) in [6, 6.07) is 12.1. The molecular formula is C21H21N7O3S. The average molecular weight is 452 g/mol. The van der Waals surface area contributed by atoms with Crippen LogP contribution in [0, 0.1) is 4.77 Å². The zero-order valence-electron chi connectivity index (χ0n) is 17.5. The van der Waals surface area contributed by atoms with E-state index in [-0.39, 0.29) is 11.5 Å². The lowest BCUT2D eigenvalue weighted by molar-refractivity contribution is 0.102. The van der Waals surface area contributed by atoms with Gasteiger partial charge in [-0.2, -0.15) is 0 Å². The molecule has 0 saturated carbocycles. The minimum absolute atomic E-state index is 0.197. The SMILES string of the molecule is COCCCn1c(=S)[nH]c2cc(C(=O)Nc3cccc(-c4nnnn4C)c3)ccc2c1=O. The Morgan fingerprint density at radius 1 is 1.25 bits per heavy atom. The number of carbonyl (C=O) groups is 1. The lowest BCUT2D eigenvalue weighted by Gasteiger charge is -2.10. The Labute approximate surface area is 187 Å². The largest absolute Gasteiger partial charge is 0.385 e. The molecule has 0 atom stereocenters. The topological polar surface area (TPSA) is 120 Å². The number of aromatic amines is 1. The number of nitrogens with one attached hydrogen (secondary N) is 2. The molecule has 1 amide bonds. The molecule has 2 N–H and O–H groups in total. The predicted octanol–water partition coefficient (Wildman–Crippen LogP) is 2.54. The van der Waals surface area contributed by atoms with Gasteiger partial charge in [-0.3, -0.25) is 14.2 Å². The standard InChI is InChI=1S/C21H21N7O3S/c1-27-18(24-25-26-27)13-5-3-6-15(11-13)22-19(29)14-7-8-16-17(12-14)23-21(32)28(20(16)30)9-4-10-31-2/h3,5-8,11-12H,4,9-10H2,1-2H3,(H,22,29)(H,23,32). The Bertz CT molecular complexity index is 1410. The fourth-order valence-corrected chi connectivity index (χ4v) is 3.66. The van der Waals surface area contributed by atoms with E-state index in [1.54, 1.807) is 49.2 Å². The number of anilines is 1. The predicted molar refractivity (Wildman–Crippen MR) is 122 cm³/mol. The molecule has 2 heterocycles. The molecule has 0 aliphatic heterocycles. The van der Waals surface area contributed by atoms with Crippen LogP contribution in [-0.2, 0) is 18.3 Å². The summed E-state index contributed by atoms with van der Waals surface area (Å²) in [6.07, 6.45) is 0.670. The van der Waals surface area contributed by atoms with E-state index in [4.69, 9.17) is 17.0 Å². The molecule has 0 aliphatic rings. The Morgan fingerprint density at radius 2 is 2.09 bits per heavy atom. The first-order chi connectivity index (χ1) is 15.5. The zero-order chi connectivity index (χ0) is 22.7. The second-order valence-electron chi connectivity index (χ2n) is 7.15. The number of ether oxygens (including phenoxy) is 1. The molecule has 0 spiro atoms. The third kappa shape index (κ3) is 4.34. The van der Waals surface area contributed by atoms with Crippen LogP contribution in [0.5, 0.6) is 0 Å². The van der Waals surface area contributed by atoms with Gasteiger partial charge in [-0.05, 0) is 59.4 Å².